The zero-order valence-corrected chi connectivity index (χ0v) is 15.2. The molecule has 1 aromatic carbocycles. The second-order valence-electron chi connectivity index (χ2n) is 5.85. The number of benzene rings is 1. The summed E-state index contributed by atoms with van der Waals surface area (Å²) in [5, 5.41) is 0. The molecule has 1 aromatic rings. The molecule has 2 fully saturated rings. The topological polar surface area (TPSA) is 46.2 Å². The summed E-state index contributed by atoms with van der Waals surface area (Å²) in [6.07, 6.45) is 4.62. The summed E-state index contributed by atoms with van der Waals surface area (Å²) >= 11 is 6.78. The average Bonchev–Trinajstić information content (AvgIpc) is 3.24. The van der Waals surface area contributed by atoms with E-state index in [0.717, 1.165) is 35.7 Å². The van der Waals surface area contributed by atoms with Crippen LogP contribution in [-0.2, 0) is 10.0 Å². The third-order valence-corrected chi connectivity index (χ3v) is 7.33. The lowest BCUT2D eigenvalue weighted by molar-refractivity contribution is 0.471. The summed E-state index contributed by atoms with van der Waals surface area (Å²) in [5.74, 6) is 1.09. The number of nitrogens with one attached hydrogen (secondary N) is 1. The fraction of sp³-hybridized carbons (Fsp3) is 0.571. The SMILES string of the molecule is Cc1cc(Br)c(S(=O)(=O)NC(C2CC2)C2CC2)cc1Br. The predicted molar refractivity (Wildman–Crippen MR) is 86.1 cm³/mol. The van der Waals surface area contributed by atoms with Crippen LogP contribution in [0.25, 0.3) is 0 Å². The van der Waals surface area contributed by atoms with E-state index in [4.69, 9.17) is 0 Å². The molecule has 0 atom stereocenters. The zero-order chi connectivity index (χ0) is 14.5. The van der Waals surface area contributed by atoms with Gasteiger partial charge in [-0.05, 0) is 78.1 Å². The van der Waals surface area contributed by atoms with Gasteiger partial charge < -0.3 is 0 Å². The van der Waals surface area contributed by atoms with Crippen LogP contribution < -0.4 is 4.72 Å². The van der Waals surface area contributed by atoms with Gasteiger partial charge in [0.15, 0.2) is 0 Å². The van der Waals surface area contributed by atoms with E-state index in [9.17, 15) is 8.42 Å². The molecule has 110 valence electrons. The summed E-state index contributed by atoms with van der Waals surface area (Å²) < 4.78 is 29.6. The molecule has 20 heavy (non-hydrogen) atoms. The highest BCUT2D eigenvalue weighted by Gasteiger charge is 2.43. The van der Waals surface area contributed by atoms with Crippen molar-refractivity contribution in [1.82, 2.24) is 4.72 Å². The van der Waals surface area contributed by atoms with Gasteiger partial charge in [0.2, 0.25) is 10.0 Å². The van der Waals surface area contributed by atoms with E-state index in [1.165, 1.54) is 0 Å². The van der Waals surface area contributed by atoms with Gasteiger partial charge >= 0.3 is 0 Å². The normalized spacial score (nSPS) is 19.6. The Balaban J connectivity index is 1.89. The summed E-state index contributed by atoms with van der Waals surface area (Å²) in [7, 11) is -3.47. The minimum absolute atomic E-state index is 0.131. The van der Waals surface area contributed by atoms with Crippen LogP contribution in [0.15, 0.2) is 26.0 Å². The Morgan fingerprint density at radius 1 is 1.10 bits per heavy atom. The van der Waals surface area contributed by atoms with Crippen molar-refractivity contribution >= 4 is 41.9 Å². The van der Waals surface area contributed by atoms with Crippen LogP contribution in [0, 0.1) is 18.8 Å². The minimum Gasteiger partial charge on any atom is -0.207 e. The quantitative estimate of drug-likeness (QED) is 0.779. The van der Waals surface area contributed by atoms with Crippen LogP contribution in [0.2, 0.25) is 0 Å². The maximum atomic E-state index is 12.6. The molecule has 2 aliphatic carbocycles. The first-order valence-electron chi connectivity index (χ1n) is 6.86. The van der Waals surface area contributed by atoms with Crippen LogP contribution in [-0.4, -0.2) is 14.5 Å². The molecule has 6 heteroatoms. The highest BCUT2D eigenvalue weighted by atomic mass is 79.9. The number of aryl methyl sites for hydroxylation is 1. The Hall–Kier alpha value is 0.0900. The largest absolute Gasteiger partial charge is 0.242 e. The first-order valence-corrected chi connectivity index (χ1v) is 9.93. The van der Waals surface area contributed by atoms with Gasteiger partial charge in [0.05, 0.1) is 4.90 Å². The Morgan fingerprint density at radius 3 is 2.15 bits per heavy atom. The number of hydrogen-bond donors (Lipinski definition) is 1. The van der Waals surface area contributed by atoms with Crippen molar-refractivity contribution in [3.05, 3.63) is 26.6 Å². The Bertz CT molecular complexity index is 625. The van der Waals surface area contributed by atoms with Gasteiger partial charge in [-0.25, -0.2) is 13.1 Å². The van der Waals surface area contributed by atoms with Gasteiger partial charge in [-0.3, -0.25) is 0 Å². The van der Waals surface area contributed by atoms with Crippen LogP contribution in [0.1, 0.15) is 31.2 Å². The smallest absolute Gasteiger partial charge is 0.207 e. The van der Waals surface area contributed by atoms with Crippen molar-refractivity contribution < 1.29 is 8.42 Å². The van der Waals surface area contributed by atoms with Crippen molar-refractivity contribution in [2.24, 2.45) is 11.8 Å². The van der Waals surface area contributed by atoms with Gasteiger partial charge in [0.25, 0.3) is 0 Å². The molecule has 0 spiro atoms. The van der Waals surface area contributed by atoms with E-state index in [2.05, 4.69) is 36.6 Å². The molecule has 3 nitrogen and oxygen atoms in total. The lowest BCUT2D eigenvalue weighted by atomic mass is 10.1. The standard InChI is InChI=1S/C14H17Br2NO2S/c1-8-6-12(16)13(7-11(8)15)20(18,19)17-14(9-2-3-9)10-4-5-10/h6-7,9-10,14,17H,2-5H2,1H3. The fourth-order valence-corrected chi connectivity index (χ4v) is 5.62. The maximum absolute atomic E-state index is 12.6. The lowest BCUT2D eigenvalue weighted by Gasteiger charge is -2.18. The van der Waals surface area contributed by atoms with Gasteiger partial charge in [-0.15, -0.1) is 0 Å². The number of sulfonamides is 1. The minimum atomic E-state index is -3.47. The summed E-state index contributed by atoms with van der Waals surface area (Å²) in [6.45, 7) is 1.94. The van der Waals surface area contributed by atoms with Crippen molar-refractivity contribution in [3.63, 3.8) is 0 Å². The second-order valence-corrected chi connectivity index (χ2v) is 9.24. The fourth-order valence-electron chi connectivity index (χ4n) is 2.56. The van der Waals surface area contributed by atoms with Crippen molar-refractivity contribution in [2.45, 2.75) is 43.5 Å². The van der Waals surface area contributed by atoms with Crippen LogP contribution in [0.5, 0.6) is 0 Å². The lowest BCUT2D eigenvalue weighted by Crippen LogP contribution is -2.38. The Kier molecular flexibility index (Phi) is 4.03. The van der Waals surface area contributed by atoms with E-state index >= 15 is 0 Å². The van der Waals surface area contributed by atoms with Crippen LogP contribution in [0.3, 0.4) is 0 Å². The van der Waals surface area contributed by atoms with Gasteiger partial charge in [-0.2, -0.15) is 0 Å². The van der Waals surface area contributed by atoms with E-state index in [-0.39, 0.29) is 6.04 Å². The Labute approximate surface area is 136 Å². The first-order chi connectivity index (χ1) is 9.38. The molecule has 0 radical (unpaired) electrons. The third kappa shape index (κ3) is 3.13. The molecular formula is C14H17Br2NO2S. The van der Waals surface area contributed by atoms with Crippen LogP contribution >= 0.6 is 31.9 Å². The number of halogens is 2. The molecule has 2 aliphatic rings. The van der Waals surface area contributed by atoms with E-state index in [1.54, 1.807) is 6.07 Å². The summed E-state index contributed by atoms with van der Waals surface area (Å²) in [6, 6.07) is 3.65. The summed E-state index contributed by atoms with van der Waals surface area (Å²) in [4.78, 5) is 0.321. The maximum Gasteiger partial charge on any atom is 0.242 e. The van der Waals surface area contributed by atoms with Gasteiger partial charge in [0, 0.05) is 15.0 Å². The van der Waals surface area contributed by atoms with E-state index in [0.29, 0.717) is 21.2 Å². The Morgan fingerprint density at radius 2 is 1.65 bits per heavy atom. The first kappa shape index (κ1) is 15.0. The third-order valence-electron chi connectivity index (χ3n) is 4.05. The highest BCUT2D eigenvalue weighted by Crippen LogP contribution is 2.45. The van der Waals surface area contributed by atoms with Crippen LogP contribution in [0.4, 0.5) is 0 Å². The van der Waals surface area contributed by atoms with Crippen molar-refractivity contribution in [2.75, 3.05) is 0 Å². The molecule has 0 heterocycles. The predicted octanol–water partition coefficient (Wildman–Crippen LogP) is 3.99. The van der Waals surface area contributed by atoms with E-state index < -0.39 is 10.0 Å². The summed E-state index contributed by atoms with van der Waals surface area (Å²) in [5.41, 5.74) is 1.01. The molecule has 2 saturated carbocycles. The zero-order valence-electron chi connectivity index (χ0n) is 11.2. The molecule has 0 aliphatic heterocycles. The average molecular weight is 423 g/mol. The van der Waals surface area contributed by atoms with Gasteiger partial charge in [0.1, 0.15) is 0 Å². The highest BCUT2D eigenvalue weighted by molar-refractivity contribution is 9.11. The molecular weight excluding hydrogens is 406 g/mol. The molecule has 0 saturated heterocycles. The molecule has 3 rings (SSSR count). The molecule has 1 N–H and O–H groups in total. The molecule has 0 unspecified atom stereocenters. The molecule has 0 amide bonds. The second kappa shape index (κ2) is 5.38. The van der Waals surface area contributed by atoms with E-state index in [1.807, 2.05) is 13.0 Å². The number of rotatable bonds is 5. The molecule has 0 bridgehead atoms. The monoisotopic (exact) mass is 421 g/mol. The van der Waals surface area contributed by atoms with Crippen molar-refractivity contribution in [1.29, 1.82) is 0 Å². The van der Waals surface area contributed by atoms with Crippen molar-refractivity contribution in [3.8, 4) is 0 Å². The van der Waals surface area contributed by atoms with Gasteiger partial charge in [-0.1, -0.05) is 15.9 Å². The number of hydrogen-bond acceptors (Lipinski definition) is 2. The molecule has 0 aromatic heterocycles.